The van der Waals surface area contributed by atoms with E-state index < -0.39 is 54.2 Å². The molecule has 0 aromatic heterocycles. The molecule has 0 radical (unpaired) electrons. The van der Waals surface area contributed by atoms with Gasteiger partial charge in [-0.2, -0.15) is 0 Å². The summed E-state index contributed by atoms with van der Waals surface area (Å²) in [5.41, 5.74) is 1.99. The van der Waals surface area contributed by atoms with Crippen molar-refractivity contribution in [2.75, 3.05) is 24.3 Å². The normalized spacial score (nSPS) is 25.7. The highest BCUT2D eigenvalue weighted by Gasteiger charge is 2.52. The predicted molar refractivity (Wildman–Crippen MR) is 142 cm³/mol. The van der Waals surface area contributed by atoms with Gasteiger partial charge in [-0.3, -0.25) is 19.2 Å². The van der Waals surface area contributed by atoms with Gasteiger partial charge >= 0.3 is 23.9 Å². The quantitative estimate of drug-likeness (QED) is 0.289. The Morgan fingerprint density at radius 2 is 1.49 bits per heavy atom. The summed E-state index contributed by atoms with van der Waals surface area (Å²) in [4.78, 5) is 47.9. The first-order chi connectivity index (χ1) is 18.6. The van der Waals surface area contributed by atoms with Crippen molar-refractivity contribution in [3.63, 3.8) is 0 Å². The van der Waals surface area contributed by atoms with Crippen molar-refractivity contribution < 1.29 is 42.9 Å². The van der Waals surface area contributed by atoms with Crippen molar-refractivity contribution in [2.24, 2.45) is 5.92 Å². The van der Waals surface area contributed by atoms with Gasteiger partial charge in [0.2, 0.25) is 0 Å². The van der Waals surface area contributed by atoms with Crippen molar-refractivity contribution >= 4 is 51.9 Å². The van der Waals surface area contributed by atoms with E-state index in [4.69, 9.17) is 35.3 Å². The van der Waals surface area contributed by atoms with Crippen LogP contribution in [0.5, 0.6) is 5.75 Å². The first-order valence-corrected chi connectivity index (χ1v) is 13.3. The van der Waals surface area contributed by atoms with Crippen LogP contribution in [0.1, 0.15) is 45.6 Å². The number of hydrogen-bond acceptors (Lipinski definition) is 10. The predicted octanol–water partition coefficient (Wildman–Crippen LogP) is 3.71. The highest BCUT2D eigenvalue weighted by Crippen LogP contribution is 2.44. The second-order valence-electron chi connectivity index (χ2n) is 9.79. The third-order valence-corrected chi connectivity index (χ3v) is 7.25. The lowest BCUT2D eigenvalue weighted by atomic mass is 9.80. The fraction of sp³-hybridized carbons (Fsp3) is 0.500. The molecule has 39 heavy (non-hydrogen) atoms. The number of benzene rings is 2. The van der Waals surface area contributed by atoms with Crippen LogP contribution in [0.2, 0.25) is 0 Å². The molecule has 4 rings (SSSR count). The van der Waals surface area contributed by atoms with Crippen molar-refractivity contribution in [3.8, 4) is 5.75 Å². The van der Waals surface area contributed by atoms with E-state index in [0.717, 1.165) is 22.0 Å². The van der Waals surface area contributed by atoms with Crippen molar-refractivity contribution in [1.82, 2.24) is 0 Å². The molecular formula is C28H32ClNO9. The van der Waals surface area contributed by atoms with Crippen LogP contribution < -0.4 is 10.1 Å². The molecule has 2 aromatic carbocycles. The zero-order valence-electron chi connectivity index (χ0n) is 22.2. The number of esters is 4. The number of rotatable bonds is 8. The first kappa shape index (κ1) is 28.5. The molecular weight excluding hydrogens is 530 g/mol. The van der Waals surface area contributed by atoms with E-state index in [1.165, 1.54) is 27.7 Å². The number of nitrogens with one attached hydrogen (secondary N) is 1. The van der Waals surface area contributed by atoms with E-state index in [9.17, 15) is 19.2 Å². The van der Waals surface area contributed by atoms with Crippen LogP contribution in [-0.2, 0) is 38.1 Å². The number of carbonyl (C=O) groups is 4. The lowest BCUT2D eigenvalue weighted by Gasteiger charge is -2.44. The molecule has 0 spiro atoms. The van der Waals surface area contributed by atoms with Gasteiger partial charge in [0.15, 0.2) is 12.2 Å². The standard InChI is InChI=1S/C28H32ClNO9/c1-14(31)35-13-18-9-24(27(37-16(3)33)28(38-17(4)34)26(18)36-15(2)32)39-23-10-22-25(19(11-29)12-30-22)21-8-6-5-7-20(21)23/h5-8,10,18-19,24,26-28,30H,9,11-13H2,1-4H3/t18-,19-,24-,26+,27+,28+/m1/s1. The third-order valence-electron chi connectivity index (χ3n) is 6.88. The Bertz CT molecular complexity index is 1270. The largest absolute Gasteiger partial charge is 0.486 e. The molecule has 2 aromatic rings. The number of anilines is 1. The summed E-state index contributed by atoms with van der Waals surface area (Å²) in [6, 6.07) is 9.65. The van der Waals surface area contributed by atoms with Gasteiger partial charge in [0.25, 0.3) is 0 Å². The molecule has 1 aliphatic heterocycles. The summed E-state index contributed by atoms with van der Waals surface area (Å²) < 4.78 is 28.6. The maximum atomic E-state index is 12.2. The van der Waals surface area contributed by atoms with Crippen LogP contribution in [-0.4, -0.2) is 67.3 Å². The van der Waals surface area contributed by atoms with Gasteiger partial charge in [-0.25, -0.2) is 0 Å². The summed E-state index contributed by atoms with van der Waals surface area (Å²) >= 11 is 6.24. The Hall–Kier alpha value is -3.53. The van der Waals surface area contributed by atoms with E-state index in [0.29, 0.717) is 18.2 Å². The molecule has 1 N–H and O–H groups in total. The minimum atomic E-state index is -1.20. The number of alkyl halides is 1. The van der Waals surface area contributed by atoms with Crippen LogP contribution in [0.4, 0.5) is 5.69 Å². The summed E-state index contributed by atoms with van der Waals surface area (Å²) in [5, 5.41) is 5.20. The molecule has 1 saturated carbocycles. The SMILES string of the molecule is CC(=O)OC[C@H]1C[C@@H](Oc2cc3c(c4ccccc24)[C@H](CCl)CN3)[C@H](OC(C)=O)[C@@H](OC(C)=O)[C@H]1OC(C)=O. The second kappa shape index (κ2) is 12.1. The van der Waals surface area contributed by atoms with Gasteiger partial charge < -0.3 is 29.0 Å². The van der Waals surface area contributed by atoms with E-state index in [-0.39, 0.29) is 18.9 Å². The summed E-state index contributed by atoms with van der Waals surface area (Å²) in [6.45, 7) is 5.48. The molecule has 0 bridgehead atoms. The fourth-order valence-electron chi connectivity index (χ4n) is 5.43. The van der Waals surface area contributed by atoms with Gasteiger partial charge in [-0.15, -0.1) is 11.6 Å². The lowest BCUT2D eigenvalue weighted by Crippen LogP contribution is -2.60. The molecule has 10 nitrogen and oxygen atoms in total. The molecule has 0 saturated heterocycles. The minimum absolute atomic E-state index is 0.123. The topological polar surface area (TPSA) is 126 Å². The van der Waals surface area contributed by atoms with Crippen LogP contribution in [0, 0.1) is 5.92 Å². The lowest BCUT2D eigenvalue weighted by molar-refractivity contribution is -0.213. The van der Waals surface area contributed by atoms with E-state index in [2.05, 4.69) is 5.32 Å². The van der Waals surface area contributed by atoms with Crippen molar-refractivity contribution in [1.29, 1.82) is 0 Å². The smallest absolute Gasteiger partial charge is 0.303 e. The monoisotopic (exact) mass is 561 g/mol. The summed E-state index contributed by atoms with van der Waals surface area (Å²) in [5.74, 6) is -1.95. The number of fused-ring (bicyclic) bond motifs is 3. The van der Waals surface area contributed by atoms with Gasteiger partial charge in [-0.05, 0) is 17.4 Å². The summed E-state index contributed by atoms with van der Waals surface area (Å²) in [6.07, 6.45) is -4.02. The maximum absolute atomic E-state index is 12.2. The number of halogens is 1. The van der Waals surface area contributed by atoms with Crippen molar-refractivity contribution in [2.45, 2.75) is 64.4 Å². The first-order valence-electron chi connectivity index (χ1n) is 12.8. The highest BCUT2D eigenvalue weighted by molar-refractivity contribution is 6.18. The number of hydrogen-bond donors (Lipinski definition) is 1. The molecule has 1 fully saturated rings. The Morgan fingerprint density at radius 1 is 0.872 bits per heavy atom. The zero-order chi connectivity index (χ0) is 28.3. The van der Waals surface area contributed by atoms with Gasteiger partial charge in [0, 0.05) is 69.1 Å². The van der Waals surface area contributed by atoms with Gasteiger partial charge in [0.05, 0.1) is 6.61 Å². The molecule has 1 aliphatic carbocycles. The molecule has 0 unspecified atom stereocenters. The Morgan fingerprint density at radius 3 is 2.10 bits per heavy atom. The fourth-order valence-corrected chi connectivity index (χ4v) is 5.69. The Kier molecular flexibility index (Phi) is 8.84. The number of carbonyl (C=O) groups excluding carboxylic acids is 4. The third kappa shape index (κ3) is 6.38. The average molecular weight is 562 g/mol. The number of ether oxygens (including phenoxy) is 5. The van der Waals surface area contributed by atoms with E-state index in [1.807, 2.05) is 30.3 Å². The molecule has 2 aliphatic rings. The Balaban J connectivity index is 1.78. The van der Waals surface area contributed by atoms with E-state index >= 15 is 0 Å². The molecule has 0 amide bonds. The molecule has 11 heteroatoms. The highest BCUT2D eigenvalue weighted by atomic mass is 35.5. The molecule has 6 atom stereocenters. The van der Waals surface area contributed by atoms with Crippen LogP contribution in [0.3, 0.4) is 0 Å². The van der Waals surface area contributed by atoms with Crippen molar-refractivity contribution in [3.05, 3.63) is 35.9 Å². The summed E-state index contributed by atoms with van der Waals surface area (Å²) in [7, 11) is 0. The van der Waals surface area contributed by atoms with Crippen LogP contribution >= 0.6 is 11.6 Å². The second-order valence-corrected chi connectivity index (χ2v) is 10.1. The van der Waals surface area contributed by atoms with Gasteiger partial charge in [0.1, 0.15) is 18.0 Å². The average Bonchev–Trinajstić information content (AvgIpc) is 3.29. The Labute approximate surface area is 231 Å². The van der Waals surface area contributed by atoms with E-state index in [1.54, 1.807) is 0 Å². The maximum Gasteiger partial charge on any atom is 0.303 e. The van der Waals surface area contributed by atoms with Gasteiger partial charge in [-0.1, -0.05) is 24.3 Å². The minimum Gasteiger partial charge on any atom is -0.486 e. The van der Waals surface area contributed by atoms with Crippen LogP contribution in [0.25, 0.3) is 10.8 Å². The van der Waals surface area contributed by atoms with Crippen LogP contribution in [0.15, 0.2) is 30.3 Å². The molecule has 210 valence electrons. The zero-order valence-corrected chi connectivity index (χ0v) is 23.0. The molecule has 1 heterocycles.